The number of fused-ring (bicyclic) bond motifs is 1. The van der Waals surface area contributed by atoms with Crippen molar-refractivity contribution in [2.45, 2.75) is 13.3 Å². The van der Waals surface area contributed by atoms with E-state index in [1.165, 1.54) is 12.0 Å². The SMILES string of the molecule is COC(=O)C1=C(C)N(c2ccccc2)C(=O)C[C@@H]1C(=O)Nc1ccc2c(c1)OCCO2. The number of hydrogen-bond acceptors (Lipinski definition) is 6. The molecule has 0 bridgehead atoms. The molecule has 1 N–H and O–H groups in total. The Balaban J connectivity index is 1.65. The summed E-state index contributed by atoms with van der Waals surface area (Å²) < 4.78 is 16.0. The molecule has 8 heteroatoms. The van der Waals surface area contributed by atoms with Crippen molar-refractivity contribution in [1.82, 2.24) is 0 Å². The Morgan fingerprint density at radius 2 is 1.77 bits per heavy atom. The van der Waals surface area contributed by atoms with E-state index in [1.54, 1.807) is 49.4 Å². The molecule has 4 rings (SSSR count). The summed E-state index contributed by atoms with van der Waals surface area (Å²) in [5.74, 6) is -1.25. The highest BCUT2D eigenvalue weighted by Gasteiger charge is 2.40. The number of nitrogens with one attached hydrogen (secondary N) is 1. The highest BCUT2D eigenvalue weighted by Crippen LogP contribution is 2.36. The normalized spacial score (nSPS) is 17.9. The minimum atomic E-state index is -0.979. The smallest absolute Gasteiger partial charge is 0.336 e. The van der Waals surface area contributed by atoms with Crippen LogP contribution in [0.2, 0.25) is 0 Å². The van der Waals surface area contributed by atoms with E-state index in [0.29, 0.717) is 41.8 Å². The maximum Gasteiger partial charge on any atom is 0.336 e. The number of amides is 2. The number of esters is 1. The van der Waals surface area contributed by atoms with Gasteiger partial charge in [0, 0.05) is 29.6 Å². The Morgan fingerprint density at radius 1 is 1.06 bits per heavy atom. The number of methoxy groups -OCH3 is 1. The van der Waals surface area contributed by atoms with Gasteiger partial charge in [0.15, 0.2) is 11.5 Å². The van der Waals surface area contributed by atoms with Crippen molar-refractivity contribution in [2.24, 2.45) is 5.92 Å². The molecule has 0 fully saturated rings. The fourth-order valence-corrected chi connectivity index (χ4v) is 3.82. The quantitative estimate of drug-likeness (QED) is 0.762. The van der Waals surface area contributed by atoms with Crippen LogP contribution in [-0.4, -0.2) is 38.1 Å². The lowest BCUT2D eigenvalue weighted by molar-refractivity contribution is -0.138. The van der Waals surface area contributed by atoms with Crippen molar-refractivity contribution >= 4 is 29.2 Å². The Morgan fingerprint density at radius 3 is 2.48 bits per heavy atom. The van der Waals surface area contributed by atoms with Crippen LogP contribution in [0.25, 0.3) is 0 Å². The second-order valence-corrected chi connectivity index (χ2v) is 7.16. The highest BCUT2D eigenvalue weighted by atomic mass is 16.6. The zero-order valence-corrected chi connectivity index (χ0v) is 17.2. The molecule has 2 aliphatic heterocycles. The van der Waals surface area contributed by atoms with Crippen molar-refractivity contribution < 1.29 is 28.6 Å². The van der Waals surface area contributed by atoms with Crippen LogP contribution in [0.5, 0.6) is 11.5 Å². The fourth-order valence-electron chi connectivity index (χ4n) is 3.82. The summed E-state index contributed by atoms with van der Waals surface area (Å²) >= 11 is 0. The standard InChI is InChI=1S/C23H22N2O6/c1-14-21(23(28)29-2)17(13-20(26)25(14)16-6-4-3-5-7-16)22(27)24-15-8-9-18-19(12-15)31-11-10-30-18/h3-9,12,17H,10-11,13H2,1-2H3,(H,24,27)/t17-/m0/s1. The largest absolute Gasteiger partial charge is 0.486 e. The molecule has 0 radical (unpaired) electrons. The van der Waals surface area contributed by atoms with Gasteiger partial charge < -0.3 is 19.5 Å². The first kappa shape index (κ1) is 20.5. The molecule has 2 aromatic carbocycles. The summed E-state index contributed by atoms with van der Waals surface area (Å²) in [6.07, 6.45) is -0.160. The van der Waals surface area contributed by atoms with Gasteiger partial charge in [-0.05, 0) is 31.2 Å². The van der Waals surface area contributed by atoms with Gasteiger partial charge in [-0.3, -0.25) is 14.5 Å². The first-order valence-corrected chi connectivity index (χ1v) is 9.87. The van der Waals surface area contributed by atoms with Gasteiger partial charge in [-0.25, -0.2) is 4.79 Å². The number of anilines is 2. The number of carbonyl (C=O) groups excluding carboxylic acids is 3. The van der Waals surface area contributed by atoms with Gasteiger partial charge in [0.25, 0.3) is 0 Å². The monoisotopic (exact) mass is 422 g/mol. The van der Waals surface area contributed by atoms with Gasteiger partial charge in [0.2, 0.25) is 11.8 Å². The average Bonchev–Trinajstić information content (AvgIpc) is 2.79. The maximum absolute atomic E-state index is 13.1. The Labute approximate surface area is 179 Å². The van der Waals surface area contributed by atoms with Crippen LogP contribution in [0.3, 0.4) is 0 Å². The lowest BCUT2D eigenvalue weighted by Gasteiger charge is -2.33. The molecule has 0 aromatic heterocycles. The third-order valence-corrected chi connectivity index (χ3v) is 5.25. The molecule has 0 saturated carbocycles. The lowest BCUT2D eigenvalue weighted by atomic mass is 9.88. The van der Waals surface area contributed by atoms with Gasteiger partial charge >= 0.3 is 5.97 Å². The molecular formula is C23H22N2O6. The second-order valence-electron chi connectivity index (χ2n) is 7.16. The minimum absolute atomic E-state index is 0.154. The number of nitrogens with zero attached hydrogens (tertiary/aromatic N) is 1. The van der Waals surface area contributed by atoms with Gasteiger partial charge in [-0.2, -0.15) is 0 Å². The maximum atomic E-state index is 13.1. The Kier molecular flexibility index (Phi) is 5.62. The molecule has 2 heterocycles. The van der Waals surface area contributed by atoms with Crippen LogP contribution in [-0.2, 0) is 19.1 Å². The van der Waals surface area contributed by atoms with E-state index in [2.05, 4.69) is 5.32 Å². The molecule has 2 amide bonds. The number of rotatable bonds is 4. The van der Waals surface area contributed by atoms with Crippen molar-refractivity contribution in [2.75, 3.05) is 30.5 Å². The molecule has 2 aliphatic rings. The fraction of sp³-hybridized carbons (Fsp3) is 0.261. The molecule has 0 saturated heterocycles. The highest BCUT2D eigenvalue weighted by molar-refractivity contribution is 6.10. The molecule has 1 atom stereocenters. The van der Waals surface area contributed by atoms with E-state index in [0.717, 1.165) is 0 Å². The topological polar surface area (TPSA) is 94.2 Å². The molecule has 31 heavy (non-hydrogen) atoms. The molecule has 160 valence electrons. The number of ether oxygens (including phenoxy) is 3. The zero-order chi connectivity index (χ0) is 22.0. The first-order valence-electron chi connectivity index (χ1n) is 9.87. The van der Waals surface area contributed by atoms with Crippen molar-refractivity contribution in [1.29, 1.82) is 0 Å². The van der Waals surface area contributed by atoms with E-state index >= 15 is 0 Å². The van der Waals surface area contributed by atoms with E-state index < -0.39 is 17.8 Å². The number of para-hydroxylation sites is 1. The molecule has 8 nitrogen and oxygen atoms in total. The predicted octanol–water partition coefficient (Wildman–Crippen LogP) is 2.90. The first-order chi connectivity index (χ1) is 15.0. The van der Waals surface area contributed by atoms with Gasteiger partial charge in [-0.1, -0.05) is 18.2 Å². The van der Waals surface area contributed by atoms with Crippen molar-refractivity contribution in [3.63, 3.8) is 0 Å². The number of carbonyl (C=O) groups is 3. The summed E-state index contributed by atoms with van der Waals surface area (Å²) in [5.41, 5.74) is 1.63. The van der Waals surface area contributed by atoms with Crippen LogP contribution >= 0.6 is 0 Å². The third-order valence-electron chi connectivity index (χ3n) is 5.25. The lowest BCUT2D eigenvalue weighted by Crippen LogP contribution is -2.43. The van der Waals surface area contributed by atoms with Crippen molar-refractivity contribution in [3.05, 3.63) is 59.8 Å². The Hall–Kier alpha value is -3.81. The van der Waals surface area contributed by atoms with Crippen LogP contribution in [0.1, 0.15) is 13.3 Å². The number of benzene rings is 2. The molecule has 2 aromatic rings. The summed E-state index contributed by atoms with van der Waals surface area (Å²) in [7, 11) is 1.25. The zero-order valence-electron chi connectivity index (χ0n) is 17.2. The average molecular weight is 422 g/mol. The third kappa shape index (κ3) is 3.96. The van der Waals surface area contributed by atoms with Gasteiger partial charge in [-0.15, -0.1) is 0 Å². The molecule has 0 aliphatic carbocycles. The van der Waals surface area contributed by atoms with Crippen LogP contribution in [0.4, 0.5) is 11.4 Å². The molecule has 0 spiro atoms. The number of hydrogen-bond donors (Lipinski definition) is 1. The van der Waals surface area contributed by atoms with Gasteiger partial charge in [0.1, 0.15) is 13.2 Å². The van der Waals surface area contributed by atoms with Crippen LogP contribution < -0.4 is 19.7 Å². The number of allylic oxidation sites excluding steroid dienone is 1. The van der Waals surface area contributed by atoms with E-state index in [1.807, 2.05) is 6.07 Å². The Bertz CT molecular complexity index is 1060. The van der Waals surface area contributed by atoms with E-state index in [9.17, 15) is 14.4 Å². The predicted molar refractivity (Wildman–Crippen MR) is 113 cm³/mol. The minimum Gasteiger partial charge on any atom is -0.486 e. The molecule has 0 unspecified atom stereocenters. The van der Waals surface area contributed by atoms with Crippen molar-refractivity contribution in [3.8, 4) is 11.5 Å². The van der Waals surface area contributed by atoms with E-state index in [4.69, 9.17) is 14.2 Å². The summed E-state index contributed by atoms with van der Waals surface area (Å²) in [5, 5.41) is 2.78. The molecular weight excluding hydrogens is 400 g/mol. The van der Waals surface area contributed by atoms with Gasteiger partial charge in [0.05, 0.1) is 18.6 Å². The van der Waals surface area contributed by atoms with Crippen LogP contribution in [0.15, 0.2) is 59.8 Å². The van der Waals surface area contributed by atoms with E-state index in [-0.39, 0.29) is 17.9 Å². The summed E-state index contributed by atoms with van der Waals surface area (Å²) in [6, 6.07) is 14.0. The second kappa shape index (κ2) is 8.51. The van der Waals surface area contributed by atoms with Crippen LogP contribution in [0, 0.1) is 5.92 Å². The summed E-state index contributed by atoms with van der Waals surface area (Å²) in [4.78, 5) is 40.1. The summed E-state index contributed by atoms with van der Waals surface area (Å²) in [6.45, 7) is 2.53.